The molecular formula is C16H28N4O. The van der Waals surface area contributed by atoms with Crippen LogP contribution in [0.2, 0.25) is 0 Å². The Morgan fingerprint density at radius 2 is 2.05 bits per heavy atom. The van der Waals surface area contributed by atoms with Crippen molar-refractivity contribution in [2.75, 3.05) is 25.0 Å². The molecule has 1 rings (SSSR count). The van der Waals surface area contributed by atoms with Gasteiger partial charge in [0.1, 0.15) is 0 Å². The van der Waals surface area contributed by atoms with Gasteiger partial charge in [-0.05, 0) is 58.5 Å². The molecule has 0 aliphatic rings. The number of pyridine rings is 1. The van der Waals surface area contributed by atoms with Gasteiger partial charge in [-0.2, -0.15) is 0 Å². The molecule has 1 aromatic rings. The topological polar surface area (TPSA) is 57.3 Å². The van der Waals surface area contributed by atoms with E-state index in [9.17, 15) is 4.79 Å². The first-order valence-corrected chi connectivity index (χ1v) is 7.77. The Labute approximate surface area is 128 Å². The van der Waals surface area contributed by atoms with Gasteiger partial charge in [-0.1, -0.05) is 13.8 Å². The fraction of sp³-hybridized carbons (Fsp3) is 0.625. The zero-order chi connectivity index (χ0) is 15.7. The quantitative estimate of drug-likeness (QED) is 0.774. The van der Waals surface area contributed by atoms with Crippen LogP contribution in [0.4, 0.5) is 10.5 Å². The van der Waals surface area contributed by atoms with Gasteiger partial charge in [-0.25, -0.2) is 4.79 Å². The predicted molar refractivity (Wildman–Crippen MR) is 87.6 cm³/mol. The molecule has 0 fully saturated rings. The van der Waals surface area contributed by atoms with E-state index in [-0.39, 0.29) is 12.1 Å². The third-order valence-electron chi connectivity index (χ3n) is 3.55. The average Bonchev–Trinajstić information content (AvgIpc) is 2.46. The molecule has 0 radical (unpaired) electrons. The summed E-state index contributed by atoms with van der Waals surface area (Å²) in [6.45, 7) is 11.6. The Morgan fingerprint density at radius 3 is 2.62 bits per heavy atom. The van der Waals surface area contributed by atoms with Gasteiger partial charge in [-0.3, -0.25) is 4.98 Å². The van der Waals surface area contributed by atoms with E-state index in [1.54, 1.807) is 6.20 Å². The molecule has 1 aromatic heterocycles. The minimum absolute atomic E-state index is 0.166. The molecule has 0 spiro atoms. The van der Waals surface area contributed by atoms with E-state index in [1.165, 1.54) is 0 Å². The lowest BCUT2D eigenvalue weighted by atomic mass is 10.2. The zero-order valence-corrected chi connectivity index (χ0v) is 13.6. The number of urea groups is 1. The fourth-order valence-corrected chi connectivity index (χ4v) is 2.17. The monoisotopic (exact) mass is 292 g/mol. The molecule has 0 unspecified atom stereocenters. The molecule has 0 aromatic carbocycles. The number of nitrogens with zero attached hydrogens (tertiary/aromatic N) is 2. The van der Waals surface area contributed by atoms with Gasteiger partial charge in [0.2, 0.25) is 0 Å². The summed E-state index contributed by atoms with van der Waals surface area (Å²) in [5, 5.41) is 5.76. The van der Waals surface area contributed by atoms with E-state index in [4.69, 9.17) is 0 Å². The van der Waals surface area contributed by atoms with Crippen molar-refractivity contribution in [2.45, 2.75) is 46.6 Å². The van der Waals surface area contributed by atoms with Crippen molar-refractivity contribution in [3.8, 4) is 0 Å². The van der Waals surface area contributed by atoms with E-state index in [2.05, 4.69) is 34.4 Å². The maximum Gasteiger partial charge on any atom is 0.319 e. The van der Waals surface area contributed by atoms with E-state index in [0.29, 0.717) is 5.69 Å². The highest BCUT2D eigenvalue weighted by Crippen LogP contribution is 2.05. The third-order valence-corrected chi connectivity index (χ3v) is 3.55. The Kier molecular flexibility index (Phi) is 7.75. The van der Waals surface area contributed by atoms with Crippen LogP contribution in [0.1, 0.15) is 39.3 Å². The number of hydrogen-bond donors (Lipinski definition) is 2. The molecule has 0 bridgehead atoms. The van der Waals surface area contributed by atoms with Gasteiger partial charge in [0, 0.05) is 11.7 Å². The van der Waals surface area contributed by atoms with Gasteiger partial charge in [-0.15, -0.1) is 0 Å². The minimum atomic E-state index is -0.170. The highest BCUT2D eigenvalue weighted by molar-refractivity contribution is 5.89. The van der Waals surface area contributed by atoms with Crippen molar-refractivity contribution in [1.82, 2.24) is 15.2 Å². The standard InChI is InChI=1S/C16H28N4O/c1-5-20(6-2)11-7-8-14(4)18-16(21)19-15-10-9-13(3)17-12-15/h9-10,12,14H,5-8,11H2,1-4H3,(H2,18,19,21)/t14-/m1/s1. The number of nitrogens with one attached hydrogen (secondary N) is 2. The van der Waals surface area contributed by atoms with E-state index in [0.717, 1.165) is 38.2 Å². The summed E-state index contributed by atoms with van der Waals surface area (Å²) in [6.07, 6.45) is 3.74. The Morgan fingerprint density at radius 1 is 1.33 bits per heavy atom. The molecule has 0 saturated carbocycles. The highest BCUT2D eigenvalue weighted by Gasteiger charge is 2.08. The summed E-state index contributed by atoms with van der Waals surface area (Å²) < 4.78 is 0. The molecule has 2 N–H and O–H groups in total. The highest BCUT2D eigenvalue weighted by atomic mass is 16.2. The Balaban J connectivity index is 2.25. The number of aryl methyl sites for hydroxylation is 1. The Hall–Kier alpha value is -1.62. The van der Waals surface area contributed by atoms with Crippen LogP contribution in [0.25, 0.3) is 0 Å². The van der Waals surface area contributed by atoms with Crippen molar-refractivity contribution >= 4 is 11.7 Å². The molecule has 2 amide bonds. The lowest BCUT2D eigenvalue weighted by Gasteiger charge is -2.19. The minimum Gasteiger partial charge on any atom is -0.335 e. The van der Waals surface area contributed by atoms with Crippen LogP contribution in [-0.4, -0.2) is 41.6 Å². The van der Waals surface area contributed by atoms with Crippen molar-refractivity contribution < 1.29 is 4.79 Å². The summed E-state index contributed by atoms with van der Waals surface area (Å²) in [4.78, 5) is 18.4. The molecule has 0 aliphatic carbocycles. The van der Waals surface area contributed by atoms with Crippen molar-refractivity contribution in [3.05, 3.63) is 24.0 Å². The van der Waals surface area contributed by atoms with Crippen molar-refractivity contribution in [2.24, 2.45) is 0 Å². The lowest BCUT2D eigenvalue weighted by molar-refractivity contribution is 0.247. The van der Waals surface area contributed by atoms with Gasteiger partial charge in [0.05, 0.1) is 11.9 Å². The molecule has 21 heavy (non-hydrogen) atoms. The van der Waals surface area contributed by atoms with E-state index >= 15 is 0 Å². The number of hydrogen-bond acceptors (Lipinski definition) is 3. The molecule has 1 heterocycles. The molecule has 1 atom stereocenters. The average molecular weight is 292 g/mol. The number of carbonyl (C=O) groups is 1. The van der Waals surface area contributed by atoms with Crippen LogP contribution in [-0.2, 0) is 0 Å². The van der Waals surface area contributed by atoms with Crippen LogP contribution in [0, 0.1) is 6.92 Å². The van der Waals surface area contributed by atoms with Crippen molar-refractivity contribution in [1.29, 1.82) is 0 Å². The van der Waals surface area contributed by atoms with Crippen LogP contribution in [0.15, 0.2) is 18.3 Å². The first-order valence-electron chi connectivity index (χ1n) is 7.77. The molecule has 5 nitrogen and oxygen atoms in total. The Bertz CT molecular complexity index is 415. The molecule has 0 aliphatic heterocycles. The van der Waals surface area contributed by atoms with Crippen LogP contribution >= 0.6 is 0 Å². The number of aromatic nitrogens is 1. The predicted octanol–water partition coefficient (Wildman–Crippen LogP) is 3.02. The van der Waals surface area contributed by atoms with Gasteiger partial charge in [0.25, 0.3) is 0 Å². The maximum absolute atomic E-state index is 11.9. The number of rotatable bonds is 8. The molecular weight excluding hydrogens is 264 g/mol. The number of carbonyl (C=O) groups excluding carboxylic acids is 1. The van der Waals surface area contributed by atoms with Gasteiger partial charge < -0.3 is 15.5 Å². The summed E-state index contributed by atoms with van der Waals surface area (Å²) in [6, 6.07) is 3.73. The second-order valence-corrected chi connectivity index (χ2v) is 5.36. The largest absolute Gasteiger partial charge is 0.335 e. The van der Waals surface area contributed by atoms with Crippen LogP contribution in [0.5, 0.6) is 0 Å². The summed E-state index contributed by atoms with van der Waals surface area (Å²) in [5.41, 5.74) is 1.65. The van der Waals surface area contributed by atoms with E-state index < -0.39 is 0 Å². The summed E-state index contributed by atoms with van der Waals surface area (Å²) in [5.74, 6) is 0. The van der Waals surface area contributed by atoms with Gasteiger partial charge >= 0.3 is 6.03 Å². The molecule has 5 heteroatoms. The third kappa shape index (κ3) is 7.09. The first kappa shape index (κ1) is 17.4. The first-order chi connectivity index (χ1) is 10.0. The lowest BCUT2D eigenvalue weighted by Crippen LogP contribution is -2.36. The SMILES string of the molecule is CCN(CC)CCC[C@@H](C)NC(=O)Nc1ccc(C)nc1. The van der Waals surface area contributed by atoms with E-state index in [1.807, 2.05) is 26.0 Å². The summed E-state index contributed by atoms with van der Waals surface area (Å²) >= 11 is 0. The maximum atomic E-state index is 11.9. The molecule has 118 valence electrons. The number of anilines is 1. The second kappa shape index (κ2) is 9.34. The van der Waals surface area contributed by atoms with Crippen LogP contribution < -0.4 is 10.6 Å². The summed E-state index contributed by atoms with van der Waals surface area (Å²) in [7, 11) is 0. The van der Waals surface area contributed by atoms with Gasteiger partial charge in [0.15, 0.2) is 0 Å². The fourth-order valence-electron chi connectivity index (χ4n) is 2.17. The smallest absolute Gasteiger partial charge is 0.319 e. The second-order valence-electron chi connectivity index (χ2n) is 5.36. The van der Waals surface area contributed by atoms with Crippen molar-refractivity contribution in [3.63, 3.8) is 0 Å². The number of amides is 2. The van der Waals surface area contributed by atoms with Crippen LogP contribution in [0.3, 0.4) is 0 Å². The zero-order valence-electron chi connectivity index (χ0n) is 13.6. The molecule has 0 saturated heterocycles. The normalized spacial score (nSPS) is 12.2.